The number of nitrogens with zero attached hydrogens (tertiary/aromatic N) is 1. The standard InChI is InChI=1S/C14H17N3OS2/c1-15-8-7-13(18)17-14-16-12(9-20-14)10-3-5-11(19-2)6-4-10/h3-6,9,15H,7-8H2,1-2H3,(H,16,17,18). The van der Waals surface area contributed by atoms with E-state index in [9.17, 15) is 4.79 Å². The Kier molecular flexibility index (Phi) is 5.58. The molecule has 0 unspecified atom stereocenters. The van der Waals surface area contributed by atoms with Crippen molar-refractivity contribution in [3.8, 4) is 11.3 Å². The highest BCUT2D eigenvalue weighted by molar-refractivity contribution is 7.98. The van der Waals surface area contributed by atoms with Crippen molar-refractivity contribution in [1.82, 2.24) is 10.3 Å². The molecule has 1 heterocycles. The van der Waals surface area contributed by atoms with Gasteiger partial charge in [0.05, 0.1) is 5.69 Å². The minimum atomic E-state index is -0.0158. The van der Waals surface area contributed by atoms with E-state index in [1.54, 1.807) is 11.8 Å². The van der Waals surface area contributed by atoms with Crippen LogP contribution < -0.4 is 10.6 Å². The normalized spacial score (nSPS) is 10.5. The lowest BCUT2D eigenvalue weighted by atomic mass is 10.2. The molecule has 106 valence electrons. The summed E-state index contributed by atoms with van der Waals surface area (Å²) in [5, 5.41) is 8.37. The molecule has 0 radical (unpaired) electrons. The minimum absolute atomic E-state index is 0.0158. The summed E-state index contributed by atoms with van der Waals surface area (Å²) in [6, 6.07) is 8.25. The molecule has 1 aromatic carbocycles. The fourth-order valence-corrected chi connectivity index (χ4v) is 2.79. The molecule has 0 aliphatic heterocycles. The van der Waals surface area contributed by atoms with Crippen molar-refractivity contribution in [2.24, 2.45) is 0 Å². The Morgan fingerprint density at radius 2 is 2.10 bits per heavy atom. The number of thiazole rings is 1. The van der Waals surface area contributed by atoms with Crippen LogP contribution in [0.15, 0.2) is 34.5 Å². The van der Waals surface area contributed by atoms with E-state index in [4.69, 9.17) is 0 Å². The highest BCUT2D eigenvalue weighted by atomic mass is 32.2. The summed E-state index contributed by atoms with van der Waals surface area (Å²) in [6.07, 6.45) is 2.50. The van der Waals surface area contributed by atoms with Crippen LogP contribution >= 0.6 is 23.1 Å². The number of carbonyl (C=O) groups excluding carboxylic acids is 1. The zero-order valence-electron chi connectivity index (χ0n) is 11.5. The second-order valence-electron chi connectivity index (χ2n) is 4.17. The third kappa shape index (κ3) is 4.06. The lowest BCUT2D eigenvalue weighted by molar-refractivity contribution is -0.116. The summed E-state index contributed by atoms with van der Waals surface area (Å²) < 4.78 is 0. The molecular weight excluding hydrogens is 290 g/mol. The van der Waals surface area contributed by atoms with E-state index in [1.165, 1.54) is 16.2 Å². The maximum absolute atomic E-state index is 11.6. The first-order valence-electron chi connectivity index (χ1n) is 6.27. The summed E-state index contributed by atoms with van der Waals surface area (Å²) in [7, 11) is 1.83. The average molecular weight is 307 g/mol. The first-order valence-corrected chi connectivity index (χ1v) is 8.38. The Morgan fingerprint density at radius 3 is 2.75 bits per heavy atom. The van der Waals surface area contributed by atoms with Crippen molar-refractivity contribution in [2.45, 2.75) is 11.3 Å². The summed E-state index contributed by atoms with van der Waals surface area (Å²) in [5.74, 6) is -0.0158. The van der Waals surface area contributed by atoms with Gasteiger partial charge in [-0.15, -0.1) is 23.1 Å². The molecular formula is C14H17N3OS2. The van der Waals surface area contributed by atoms with E-state index in [1.807, 2.05) is 24.6 Å². The molecule has 0 saturated carbocycles. The van der Waals surface area contributed by atoms with Crippen molar-refractivity contribution in [2.75, 3.05) is 25.2 Å². The molecule has 1 aromatic heterocycles. The van der Waals surface area contributed by atoms with Gasteiger partial charge in [0.15, 0.2) is 5.13 Å². The molecule has 0 spiro atoms. The molecule has 4 nitrogen and oxygen atoms in total. The Balaban J connectivity index is 2.02. The molecule has 0 saturated heterocycles. The highest BCUT2D eigenvalue weighted by Gasteiger charge is 2.07. The zero-order valence-corrected chi connectivity index (χ0v) is 13.1. The molecule has 20 heavy (non-hydrogen) atoms. The van der Waals surface area contributed by atoms with Crippen molar-refractivity contribution in [1.29, 1.82) is 0 Å². The number of amides is 1. The number of aromatic nitrogens is 1. The molecule has 1 amide bonds. The van der Waals surface area contributed by atoms with Gasteiger partial charge in [-0.05, 0) is 25.4 Å². The van der Waals surface area contributed by atoms with Crippen LogP contribution in [0.1, 0.15) is 6.42 Å². The number of nitrogens with one attached hydrogen (secondary N) is 2. The molecule has 0 bridgehead atoms. The lowest BCUT2D eigenvalue weighted by Crippen LogP contribution is -2.18. The molecule has 0 aliphatic carbocycles. The smallest absolute Gasteiger partial charge is 0.227 e. The second kappa shape index (κ2) is 7.42. The number of hydrogen-bond donors (Lipinski definition) is 2. The zero-order chi connectivity index (χ0) is 14.4. The van der Waals surface area contributed by atoms with Crippen LogP contribution in [0.5, 0.6) is 0 Å². The molecule has 0 atom stereocenters. The molecule has 2 rings (SSSR count). The van der Waals surface area contributed by atoms with Crippen LogP contribution in [0.4, 0.5) is 5.13 Å². The molecule has 0 aliphatic rings. The largest absolute Gasteiger partial charge is 0.319 e. The van der Waals surface area contributed by atoms with Gasteiger partial charge in [-0.25, -0.2) is 4.98 Å². The van der Waals surface area contributed by atoms with Gasteiger partial charge in [0.2, 0.25) is 5.91 Å². The van der Waals surface area contributed by atoms with E-state index in [0.717, 1.165) is 11.3 Å². The fraction of sp³-hybridized carbons (Fsp3) is 0.286. The van der Waals surface area contributed by atoms with Crippen LogP contribution in [0.25, 0.3) is 11.3 Å². The van der Waals surface area contributed by atoms with Gasteiger partial charge in [-0.1, -0.05) is 12.1 Å². The first-order chi connectivity index (χ1) is 9.72. The van der Waals surface area contributed by atoms with Crippen LogP contribution in [0, 0.1) is 0 Å². The topological polar surface area (TPSA) is 54.0 Å². The number of benzene rings is 1. The minimum Gasteiger partial charge on any atom is -0.319 e. The number of thioether (sulfide) groups is 1. The maximum atomic E-state index is 11.6. The quantitative estimate of drug-likeness (QED) is 0.805. The van der Waals surface area contributed by atoms with E-state index >= 15 is 0 Å². The summed E-state index contributed by atoms with van der Waals surface area (Å²) in [4.78, 5) is 17.3. The Hall–Kier alpha value is -1.37. The van der Waals surface area contributed by atoms with Gasteiger partial charge in [-0.3, -0.25) is 4.79 Å². The van der Waals surface area contributed by atoms with Crippen LogP contribution in [-0.2, 0) is 4.79 Å². The monoisotopic (exact) mass is 307 g/mol. The maximum Gasteiger partial charge on any atom is 0.227 e. The average Bonchev–Trinajstić information content (AvgIpc) is 2.93. The Bertz CT molecular complexity index is 566. The third-order valence-corrected chi connectivity index (χ3v) is 4.24. The molecule has 2 N–H and O–H groups in total. The van der Waals surface area contributed by atoms with E-state index in [-0.39, 0.29) is 5.91 Å². The second-order valence-corrected chi connectivity index (χ2v) is 5.91. The lowest BCUT2D eigenvalue weighted by Gasteiger charge is -2.01. The van der Waals surface area contributed by atoms with Gasteiger partial charge >= 0.3 is 0 Å². The van der Waals surface area contributed by atoms with Crippen molar-refractivity contribution in [3.63, 3.8) is 0 Å². The van der Waals surface area contributed by atoms with Crippen LogP contribution in [0.3, 0.4) is 0 Å². The molecule has 0 fully saturated rings. The highest BCUT2D eigenvalue weighted by Crippen LogP contribution is 2.26. The number of carbonyl (C=O) groups is 1. The van der Waals surface area contributed by atoms with Crippen LogP contribution in [0.2, 0.25) is 0 Å². The van der Waals surface area contributed by atoms with E-state index < -0.39 is 0 Å². The number of hydrogen-bond acceptors (Lipinski definition) is 5. The molecule has 2 aromatic rings. The van der Waals surface area contributed by atoms with Gasteiger partial charge in [0.1, 0.15) is 0 Å². The third-order valence-electron chi connectivity index (χ3n) is 2.74. The van der Waals surface area contributed by atoms with Crippen molar-refractivity contribution >= 4 is 34.1 Å². The SMILES string of the molecule is CNCCC(=O)Nc1nc(-c2ccc(SC)cc2)cs1. The Morgan fingerprint density at radius 1 is 1.35 bits per heavy atom. The van der Waals surface area contributed by atoms with Gasteiger partial charge in [-0.2, -0.15) is 0 Å². The van der Waals surface area contributed by atoms with E-state index in [0.29, 0.717) is 18.1 Å². The molecule has 6 heteroatoms. The van der Waals surface area contributed by atoms with Gasteiger partial charge in [0.25, 0.3) is 0 Å². The Labute approximate surface area is 127 Å². The predicted molar refractivity (Wildman–Crippen MR) is 86.5 cm³/mol. The van der Waals surface area contributed by atoms with Gasteiger partial charge < -0.3 is 10.6 Å². The van der Waals surface area contributed by atoms with Crippen molar-refractivity contribution in [3.05, 3.63) is 29.6 Å². The van der Waals surface area contributed by atoms with Crippen molar-refractivity contribution < 1.29 is 4.79 Å². The fourth-order valence-electron chi connectivity index (χ4n) is 1.65. The van der Waals surface area contributed by atoms with E-state index in [2.05, 4.69) is 34.0 Å². The number of rotatable bonds is 6. The van der Waals surface area contributed by atoms with Gasteiger partial charge in [0, 0.05) is 28.8 Å². The van der Waals surface area contributed by atoms with Crippen LogP contribution in [-0.4, -0.2) is 30.7 Å². The summed E-state index contributed by atoms with van der Waals surface area (Å²) >= 11 is 3.16. The summed E-state index contributed by atoms with van der Waals surface area (Å²) in [5.41, 5.74) is 1.96. The first kappa shape index (κ1) is 15.0. The summed E-state index contributed by atoms with van der Waals surface area (Å²) in [6.45, 7) is 0.667. The number of anilines is 1. The predicted octanol–water partition coefficient (Wildman–Crippen LogP) is 3.08.